The second-order valence-corrected chi connectivity index (χ2v) is 4.84. The summed E-state index contributed by atoms with van der Waals surface area (Å²) in [6.45, 7) is 3.54. The van der Waals surface area contributed by atoms with Crippen molar-refractivity contribution in [1.82, 2.24) is 14.5 Å². The van der Waals surface area contributed by atoms with Crippen LogP contribution in [-0.4, -0.2) is 24.2 Å². The Morgan fingerprint density at radius 2 is 2.15 bits per heavy atom. The van der Waals surface area contributed by atoms with E-state index in [1.165, 1.54) is 17.1 Å². The average Bonchev–Trinajstić information content (AvgIpc) is 2.32. The van der Waals surface area contributed by atoms with Crippen LogP contribution in [0.25, 0.3) is 0 Å². The number of nitrogens with one attached hydrogen (secondary N) is 1. The van der Waals surface area contributed by atoms with Crippen LogP contribution in [-0.2, 0) is 17.1 Å². The molecular weight excluding hydrogens is 190 g/mol. The first-order valence-corrected chi connectivity index (χ1v) is 5.41. The SMILES string of the molecule is CC(C)NS(=O)(=O)c1cnn(C)c1. The molecule has 0 bridgehead atoms. The maximum absolute atomic E-state index is 11.5. The normalized spacial score (nSPS) is 12.3. The molecule has 0 amide bonds. The summed E-state index contributed by atoms with van der Waals surface area (Å²) in [5.74, 6) is 0. The van der Waals surface area contributed by atoms with Crippen LogP contribution < -0.4 is 4.72 Å². The Hall–Kier alpha value is -0.880. The molecule has 0 radical (unpaired) electrons. The molecule has 0 saturated carbocycles. The molecule has 1 heterocycles. The molecule has 0 aliphatic carbocycles. The molecule has 1 rings (SSSR count). The first-order chi connectivity index (χ1) is 5.92. The molecule has 13 heavy (non-hydrogen) atoms. The number of rotatable bonds is 3. The van der Waals surface area contributed by atoms with Crippen molar-refractivity contribution >= 4 is 10.0 Å². The largest absolute Gasteiger partial charge is 0.274 e. The Morgan fingerprint density at radius 1 is 1.54 bits per heavy atom. The van der Waals surface area contributed by atoms with Crippen LogP contribution in [0.2, 0.25) is 0 Å². The highest BCUT2D eigenvalue weighted by atomic mass is 32.2. The topological polar surface area (TPSA) is 64.0 Å². The van der Waals surface area contributed by atoms with E-state index in [2.05, 4.69) is 9.82 Å². The van der Waals surface area contributed by atoms with Crippen LogP contribution in [0.15, 0.2) is 17.3 Å². The first-order valence-electron chi connectivity index (χ1n) is 3.93. The maximum atomic E-state index is 11.5. The van der Waals surface area contributed by atoms with Crippen LogP contribution in [0.5, 0.6) is 0 Å². The van der Waals surface area contributed by atoms with E-state index in [1.807, 2.05) is 0 Å². The second-order valence-electron chi connectivity index (χ2n) is 3.13. The fourth-order valence-electron chi connectivity index (χ4n) is 0.916. The number of hydrogen-bond donors (Lipinski definition) is 1. The Balaban J connectivity index is 2.95. The van der Waals surface area contributed by atoms with Gasteiger partial charge in [0.25, 0.3) is 0 Å². The molecule has 1 N–H and O–H groups in total. The zero-order valence-corrected chi connectivity index (χ0v) is 8.67. The Kier molecular flexibility index (Phi) is 2.72. The van der Waals surface area contributed by atoms with Crippen molar-refractivity contribution < 1.29 is 8.42 Å². The highest BCUT2D eigenvalue weighted by molar-refractivity contribution is 7.89. The van der Waals surface area contributed by atoms with Gasteiger partial charge < -0.3 is 0 Å². The van der Waals surface area contributed by atoms with Crippen molar-refractivity contribution in [3.05, 3.63) is 12.4 Å². The van der Waals surface area contributed by atoms with E-state index >= 15 is 0 Å². The van der Waals surface area contributed by atoms with Crippen LogP contribution >= 0.6 is 0 Å². The van der Waals surface area contributed by atoms with Crippen LogP contribution in [0.1, 0.15) is 13.8 Å². The molecule has 0 aliphatic heterocycles. The molecule has 0 saturated heterocycles. The fourth-order valence-corrected chi connectivity index (χ4v) is 2.15. The van der Waals surface area contributed by atoms with Crippen LogP contribution in [0.3, 0.4) is 0 Å². The third kappa shape index (κ3) is 2.53. The number of hydrogen-bond acceptors (Lipinski definition) is 3. The zero-order valence-electron chi connectivity index (χ0n) is 7.85. The standard InChI is InChI=1S/C7H13N3O2S/c1-6(2)9-13(11,12)7-4-8-10(3)5-7/h4-6,9H,1-3H3. The Morgan fingerprint density at radius 3 is 2.54 bits per heavy atom. The molecule has 0 spiro atoms. The number of nitrogens with zero attached hydrogens (tertiary/aromatic N) is 2. The molecule has 1 aromatic rings. The lowest BCUT2D eigenvalue weighted by atomic mass is 10.4. The van der Waals surface area contributed by atoms with Crippen LogP contribution in [0.4, 0.5) is 0 Å². The van der Waals surface area contributed by atoms with Crippen molar-refractivity contribution in [1.29, 1.82) is 0 Å². The van der Waals surface area contributed by atoms with Crippen molar-refractivity contribution in [2.75, 3.05) is 0 Å². The molecule has 74 valence electrons. The zero-order chi connectivity index (χ0) is 10.1. The highest BCUT2D eigenvalue weighted by Crippen LogP contribution is 2.06. The third-order valence-electron chi connectivity index (χ3n) is 1.38. The quantitative estimate of drug-likeness (QED) is 0.758. The van der Waals surface area contributed by atoms with Crippen molar-refractivity contribution in [3.8, 4) is 0 Å². The average molecular weight is 203 g/mol. The van der Waals surface area contributed by atoms with Gasteiger partial charge in [-0.25, -0.2) is 13.1 Å². The molecule has 6 heteroatoms. The van der Waals surface area contributed by atoms with Gasteiger partial charge in [-0.15, -0.1) is 0 Å². The number of aryl methyl sites for hydroxylation is 1. The molecule has 0 fully saturated rings. The van der Waals surface area contributed by atoms with E-state index in [4.69, 9.17) is 0 Å². The van der Waals surface area contributed by atoms with E-state index in [0.29, 0.717) is 0 Å². The molecule has 1 aromatic heterocycles. The maximum Gasteiger partial charge on any atom is 0.243 e. The fraction of sp³-hybridized carbons (Fsp3) is 0.571. The number of sulfonamides is 1. The van der Waals surface area contributed by atoms with Gasteiger partial charge in [-0.3, -0.25) is 4.68 Å². The first kappa shape index (κ1) is 10.2. The molecular formula is C7H13N3O2S. The lowest BCUT2D eigenvalue weighted by molar-refractivity contribution is 0.569. The minimum absolute atomic E-state index is 0.106. The second kappa shape index (κ2) is 3.47. The van der Waals surface area contributed by atoms with Gasteiger partial charge >= 0.3 is 0 Å². The van der Waals surface area contributed by atoms with E-state index in [1.54, 1.807) is 20.9 Å². The van der Waals surface area contributed by atoms with Gasteiger partial charge in [0.2, 0.25) is 10.0 Å². The minimum Gasteiger partial charge on any atom is -0.274 e. The van der Waals surface area contributed by atoms with Gasteiger partial charge in [-0.1, -0.05) is 0 Å². The molecule has 0 atom stereocenters. The molecule has 0 unspecified atom stereocenters. The highest BCUT2D eigenvalue weighted by Gasteiger charge is 2.16. The minimum atomic E-state index is -3.37. The lowest BCUT2D eigenvalue weighted by Gasteiger charge is -2.06. The smallest absolute Gasteiger partial charge is 0.243 e. The van der Waals surface area contributed by atoms with Crippen LogP contribution in [0, 0.1) is 0 Å². The molecule has 5 nitrogen and oxygen atoms in total. The van der Waals surface area contributed by atoms with E-state index in [-0.39, 0.29) is 10.9 Å². The molecule has 0 aromatic carbocycles. The Labute approximate surface area is 77.8 Å². The third-order valence-corrected chi connectivity index (χ3v) is 3.00. The number of aromatic nitrogens is 2. The van der Waals surface area contributed by atoms with E-state index < -0.39 is 10.0 Å². The summed E-state index contributed by atoms with van der Waals surface area (Å²) in [6, 6.07) is -0.106. The summed E-state index contributed by atoms with van der Waals surface area (Å²) < 4.78 is 26.9. The summed E-state index contributed by atoms with van der Waals surface area (Å²) in [7, 11) is -1.70. The summed E-state index contributed by atoms with van der Waals surface area (Å²) in [5.41, 5.74) is 0. The predicted molar refractivity (Wildman–Crippen MR) is 48.7 cm³/mol. The molecule has 0 aliphatic rings. The van der Waals surface area contributed by atoms with Crippen molar-refractivity contribution in [2.24, 2.45) is 7.05 Å². The predicted octanol–water partition coefficient (Wildman–Crippen LogP) is 0.107. The van der Waals surface area contributed by atoms with Gasteiger partial charge in [-0.05, 0) is 13.8 Å². The van der Waals surface area contributed by atoms with Gasteiger partial charge in [-0.2, -0.15) is 5.10 Å². The van der Waals surface area contributed by atoms with Gasteiger partial charge in [0, 0.05) is 19.3 Å². The summed E-state index contributed by atoms with van der Waals surface area (Å²) in [4.78, 5) is 0.198. The monoisotopic (exact) mass is 203 g/mol. The van der Waals surface area contributed by atoms with Gasteiger partial charge in [0.05, 0.1) is 6.20 Å². The van der Waals surface area contributed by atoms with E-state index in [9.17, 15) is 8.42 Å². The summed E-state index contributed by atoms with van der Waals surface area (Å²) in [5, 5.41) is 3.79. The summed E-state index contributed by atoms with van der Waals surface area (Å²) >= 11 is 0. The van der Waals surface area contributed by atoms with E-state index in [0.717, 1.165) is 0 Å². The van der Waals surface area contributed by atoms with Crippen molar-refractivity contribution in [2.45, 2.75) is 24.8 Å². The van der Waals surface area contributed by atoms with Crippen molar-refractivity contribution in [3.63, 3.8) is 0 Å². The lowest BCUT2D eigenvalue weighted by Crippen LogP contribution is -2.29. The van der Waals surface area contributed by atoms with Gasteiger partial charge in [0.15, 0.2) is 0 Å². The summed E-state index contributed by atoms with van der Waals surface area (Å²) in [6.07, 6.45) is 2.79. The van der Waals surface area contributed by atoms with Gasteiger partial charge in [0.1, 0.15) is 4.90 Å². The Bertz CT molecular complexity index is 380.